The number of Topliss-reactive ketones (excluding diaryl/α,β-unsaturated/α-hetero) is 1. The molecule has 0 bridgehead atoms. The monoisotopic (exact) mass is 251 g/mol. The SMILES string of the molecule is NCC1(C(=O)Cc2cccc(F)c2)CCOCC1. The molecule has 0 radical (unpaired) electrons. The van der Waals surface area contributed by atoms with Gasteiger partial charge in [0.05, 0.1) is 0 Å². The van der Waals surface area contributed by atoms with Gasteiger partial charge in [0.1, 0.15) is 11.6 Å². The van der Waals surface area contributed by atoms with E-state index in [9.17, 15) is 9.18 Å². The molecule has 1 aliphatic rings. The molecule has 1 heterocycles. The number of benzene rings is 1. The Balaban J connectivity index is 2.10. The van der Waals surface area contributed by atoms with Crippen LogP contribution in [0.5, 0.6) is 0 Å². The largest absolute Gasteiger partial charge is 0.381 e. The molecular formula is C14H18FNO2. The van der Waals surface area contributed by atoms with Crippen LogP contribution in [0.15, 0.2) is 24.3 Å². The Bertz CT molecular complexity index is 428. The van der Waals surface area contributed by atoms with Crippen molar-refractivity contribution in [3.05, 3.63) is 35.6 Å². The minimum absolute atomic E-state index is 0.0962. The van der Waals surface area contributed by atoms with Crippen molar-refractivity contribution in [3.63, 3.8) is 0 Å². The Morgan fingerprint density at radius 3 is 2.72 bits per heavy atom. The van der Waals surface area contributed by atoms with Gasteiger partial charge in [-0.2, -0.15) is 0 Å². The molecule has 1 aromatic carbocycles. The summed E-state index contributed by atoms with van der Waals surface area (Å²) in [5.74, 6) is -0.215. The summed E-state index contributed by atoms with van der Waals surface area (Å²) >= 11 is 0. The maximum Gasteiger partial charge on any atom is 0.144 e. The molecule has 2 rings (SSSR count). The van der Waals surface area contributed by atoms with Gasteiger partial charge >= 0.3 is 0 Å². The predicted molar refractivity (Wildman–Crippen MR) is 66.7 cm³/mol. The second-order valence-electron chi connectivity index (χ2n) is 4.83. The molecule has 4 heteroatoms. The third-order valence-corrected chi connectivity index (χ3v) is 3.69. The number of rotatable bonds is 4. The van der Waals surface area contributed by atoms with Gasteiger partial charge in [-0.15, -0.1) is 0 Å². The van der Waals surface area contributed by atoms with Crippen molar-refractivity contribution >= 4 is 5.78 Å². The van der Waals surface area contributed by atoms with Gasteiger partial charge in [-0.3, -0.25) is 4.79 Å². The number of carbonyl (C=O) groups is 1. The van der Waals surface area contributed by atoms with E-state index in [-0.39, 0.29) is 18.0 Å². The molecule has 0 unspecified atom stereocenters. The molecule has 2 N–H and O–H groups in total. The van der Waals surface area contributed by atoms with Crippen molar-refractivity contribution in [3.8, 4) is 0 Å². The number of hydrogen-bond donors (Lipinski definition) is 1. The summed E-state index contributed by atoms with van der Waals surface area (Å²) in [4.78, 5) is 12.4. The summed E-state index contributed by atoms with van der Waals surface area (Å²) in [5.41, 5.74) is 6.00. The first kappa shape index (κ1) is 13.2. The summed E-state index contributed by atoms with van der Waals surface area (Å²) in [5, 5.41) is 0. The van der Waals surface area contributed by atoms with Gasteiger partial charge < -0.3 is 10.5 Å². The molecule has 0 aromatic heterocycles. The second-order valence-corrected chi connectivity index (χ2v) is 4.83. The van der Waals surface area contributed by atoms with Crippen molar-refractivity contribution in [2.45, 2.75) is 19.3 Å². The van der Waals surface area contributed by atoms with Crippen molar-refractivity contribution in [2.75, 3.05) is 19.8 Å². The number of hydrogen-bond acceptors (Lipinski definition) is 3. The lowest BCUT2D eigenvalue weighted by Gasteiger charge is -2.34. The first-order valence-corrected chi connectivity index (χ1v) is 6.22. The second kappa shape index (κ2) is 5.59. The molecule has 1 fully saturated rings. The molecule has 1 aromatic rings. The Kier molecular flexibility index (Phi) is 4.09. The van der Waals surface area contributed by atoms with Crippen LogP contribution in [0.2, 0.25) is 0 Å². The van der Waals surface area contributed by atoms with Crippen LogP contribution >= 0.6 is 0 Å². The van der Waals surface area contributed by atoms with E-state index in [1.54, 1.807) is 12.1 Å². The minimum Gasteiger partial charge on any atom is -0.381 e. The zero-order valence-corrected chi connectivity index (χ0v) is 10.3. The van der Waals surface area contributed by atoms with E-state index in [0.29, 0.717) is 38.2 Å². The van der Waals surface area contributed by atoms with E-state index in [0.717, 1.165) is 0 Å². The van der Waals surface area contributed by atoms with Crippen LogP contribution in [0.25, 0.3) is 0 Å². The molecule has 0 saturated carbocycles. The van der Waals surface area contributed by atoms with Crippen molar-refractivity contribution in [1.29, 1.82) is 0 Å². The number of carbonyl (C=O) groups excluding carboxylic acids is 1. The summed E-state index contributed by atoms with van der Waals surface area (Å²) in [6.45, 7) is 1.49. The van der Waals surface area contributed by atoms with Gasteiger partial charge in [0.25, 0.3) is 0 Å². The van der Waals surface area contributed by atoms with Crippen LogP contribution in [0.4, 0.5) is 4.39 Å². The average molecular weight is 251 g/mol. The smallest absolute Gasteiger partial charge is 0.144 e. The zero-order chi connectivity index (χ0) is 13.0. The number of nitrogens with two attached hydrogens (primary N) is 1. The Morgan fingerprint density at radius 2 is 2.11 bits per heavy atom. The minimum atomic E-state index is -0.482. The average Bonchev–Trinajstić information content (AvgIpc) is 2.39. The zero-order valence-electron chi connectivity index (χ0n) is 10.3. The van der Waals surface area contributed by atoms with Crippen LogP contribution in [0.1, 0.15) is 18.4 Å². The fourth-order valence-corrected chi connectivity index (χ4v) is 2.38. The van der Waals surface area contributed by atoms with Gasteiger partial charge in [0.15, 0.2) is 0 Å². The lowest BCUT2D eigenvalue weighted by Crippen LogP contribution is -2.44. The quantitative estimate of drug-likeness (QED) is 0.886. The predicted octanol–water partition coefficient (Wildman–Crippen LogP) is 1.69. The highest BCUT2D eigenvalue weighted by Crippen LogP contribution is 2.31. The summed E-state index contributed by atoms with van der Waals surface area (Å²) in [6.07, 6.45) is 1.57. The fraction of sp³-hybridized carbons (Fsp3) is 0.500. The lowest BCUT2D eigenvalue weighted by molar-refractivity contribution is -0.132. The van der Waals surface area contributed by atoms with Gasteiger partial charge in [0, 0.05) is 31.6 Å². The molecular weight excluding hydrogens is 233 g/mol. The molecule has 18 heavy (non-hydrogen) atoms. The number of ether oxygens (including phenoxy) is 1. The third kappa shape index (κ3) is 2.76. The van der Waals surface area contributed by atoms with Crippen LogP contribution < -0.4 is 5.73 Å². The molecule has 3 nitrogen and oxygen atoms in total. The van der Waals surface area contributed by atoms with Crippen LogP contribution in [0.3, 0.4) is 0 Å². The van der Waals surface area contributed by atoms with E-state index in [1.807, 2.05) is 0 Å². The third-order valence-electron chi connectivity index (χ3n) is 3.69. The van der Waals surface area contributed by atoms with Gasteiger partial charge in [-0.25, -0.2) is 4.39 Å². The first-order chi connectivity index (χ1) is 8.66. The standard InChI is InChI=1S/C14H18FNO2/c15-12-3-1-2-11(8-12)9-13(17)14(10-16)4-6-18-7-5-14/h1-3,8H,4-7,9-10,16H2. The molecule has 0 spiro atoms. The highest BCUT2D eigenvalue weighted by atomic mass is 19.1. The molecule has 1 saturated heterocycles. The topological polar surface area (TPSA) is 52.3 Å². The Hall–Kier alpha value is -1.26. The van der Waals surface area contributed by atoms with Gasteiger partial charge in [-0.1, -0.05) is 12.1 Å². The van der Waals surface area contributed by atoms with E-state index in [2.05, 4.69) is 0 Å². The van der Waals surface area contributed by atoms with Crippen LogP contribution in [-0.2, 0) is 16.0 Å². The Morgan fingerprint density at radius 1 is 1.39 bits per heavy atom. The van der Waals surface area contributed by atoms with Crippen molar-refractivity contribution < 1.29 is 13.9 Å². The van der Waals surface area contributed by atoms with Crippen molar-refractivity contribution in [1.82, 2.24) is 0 Å². The Labute approximate surface area is 106 Å². The summed E-state index contributed by atoms with van der Waals surface area (Å²) in [7, 11) is 0. The number of ketones is 1. The van der Waals surface area contributed by atoms with Crippen LogP contribution in [-0.4, -0.2) is 25.5 Å². The van der Waals surface area contributed by atoms with Crippen molar-refractivity contribution in [2.24, 2.45) is 11.1 Å². The van der Waals surface area contributed by atoms with Crippen LogP contribution in [0, 0.1) is 11.2 Å². The van der Waals surface area contributed by atoms with Gasteiger partial charge in [-0.05, 0) is 30.5 Å². The lowest BCUT2D eigenvalue weighted by atomic mass is 9.74. The maximum absolute atomic E-state index is 13.1. The molecule has 0 aliphatic carbocycles. The van der Waals surface area contributed by atoms with E-state index < -0.39 is 5.41 Å². The summed E-state index contributed by atoms with van der Waals surface area (Å²) < 4.78 is 18.4. The highest BCUT2D eigenvalue weighted by molar-refractivity contribution is 5.87. The molecule has 1 aliphatic heterocycles. The molecule has 98 valence electrons. The van der Waals surface area contributed by atoms with Gasteiger partial charge in [0.2, 0.25) is 0 Å². The highest BCUT2D eigenvalue weighted by Gasteiger charge is 2.38. The van der Waals surface area contributed by atoms with E-state index >= 15 is 0 Å². The molecule has 0 amide bonds. The summed E-state index contributed by atoms with van der Waals surface area (Å²) in [6, 6.07) is 6.17. The molecule has 0 atom stereocenters. The first-order valence-electron chi connectivity index (χ1n) is 6.22. The van der Waals surface area contributed by atoms with E-state index in [1.165, 1.54) is 12.1 Å². The van der Waals surface area contributed by atoms with E-state index in [4.69, 9.17) is 10.5 Å². The number of halogens is 1. The maximum atomic E-state index is 13.1. The fourth-order valence-electron chi connectivity index (χ4n) is 2.38. The normalized spacial score (nSPS) is 18.6.